The van der Waals surface area contributed by atoms with Crippen molar-refractivity contribution in [3.8, 4) is 0 Å². The Morgan fingerprint density at radius 3 is 2.52 bits per heavy atom. The molecule has 0 radical (unpaired) electrons. The molecule has 2 N–H and O–H groups in total. The third kappa shape index (κ3) is 5.33. The zero-order valence-electron chi connectivity index (χ0n) is 17.1. The van der Waals surface area contributed by atoms with Crippen molar-refractivity contribution in [1.29, 1.82) is 0 Å². The Morgan fingerprint density at radius 1 is 1.03 bits per heavy atom. The highest BCUT2D eigenvalue weighted by Gasteiger charge is 2.22. The summed E-state index contributed by atoms with van der Waals surface area (Å²) in [5.74, 6) is -1.09. The molecule has 0 unspecified atom stereocenters. The first-order valence-corrected chi connectivity index (χ1v) is 10.4. The number of aromatic nitrogens is 3. The zero-order chi connectivity index (χ0) is 21.6. The Labute approximate surface area is 179 Å². The van der Waals surface area contributed by atoms with Gasteiger partial charge in [0.25, 0.3) is 5.91 Å². The number of rotatable bonds is 6. The fraction of sp³-hybridized carbons (Fsp3) is 0.304. The van der Waals surface area contributed by atoms with Gasteiger partial charge in [0.15, 0.2) is 0 Å². The Kier molecular flexibility index (Phi) is 6.35. The smallest absolute Gasteiger partial charge is 0.255 e. The minimum absolute atomic E-state index is 0.0801. The van der Waals surface area contributed by atoms with E-state index < -0.39 is 5.82 Å². The van der Waals surface area contributed by atoms with Gasteiger partial charge >= 0.3 is 0 Å². The van der Waals surface area contributed by atoms with Crippen LogP contribution >= 0.6 is 0 Å². The van der Waals surface area contributed by atoms with E-state index in [0.29, 0.717) is 17.8 Å². The summed E-state index contributed by atoms with van der Waals surface area (Å²) in [7, 11) is 0. The van der Waals surface area contributed by atoms with Crippen molar-refractivity contribution >= 4 is 23.2 Å². The average molecular weight is 421 g/mol. The molecule has 0 aliphatic heterocycles. The first-order valence-electron chi connectivity index (χ1n) is 10.4. The van der Waals surface area contributed by atoms with E-state index in [0.717, 1.165) is 37.7 Å². The molecule has 31 heavy (non-hydrogen) atoms. The topological polar surface area (TPSA) is 88.9 Å². The van der Waals surface area contributed by atoms with Crippen LogP contribution in [-0.4, -0.2) is 26.6 Å². The van der Waals surface area contributed by atoms with Gasteiger partial charge in [0.1, 0.15) is 18.5 Å². The molecular formula is C23H24FN5O2. The third-order valence-electron chi connectivity index (χ3n) is 5.49. The number of hydrogen-bond acceptors (Lipinski definition) is 4. The summed E-state index contributed by atoms with van der Waals surface area (Å²) >= 11 is 0. The van der Waals surface area contributed by atoms with Gasteiger partial charge < -0.3 is 10.6 Å². The molecule has 0 spiro atoms. The van der Waals surface area contributed by atoms with Gasteiger partial charge in [-0.05, 0) is 48.7 Å². The molecule has 0 saturated heterocycles. The maximum absolute atomic E-state index is 14.2. The van der Waals surface area contributed by atoms with Crippen LogP contribution < -0.4 is 10.6 Å². The van der Waals surface area contributed by atoms with E-state index in [-0.39, 0.29) is 23.4 Å². The first-order chi connectivity index (χ1) is 15.1. The quantitative estimate of drug-likeness (QED) is 0.623. The minimum atomic E-state index is -0.528. The number of amides is 2. The van der Waals surface area contributed by atoms with Crippen LogP contribution in [0.5, 0.6) is 0 Å². The van der Waals surface area contributed by atoms with E-state index in [2.05, 4.69) is 20.7 Å². The molecule has 1 fully saturated rings. The molecule has 7 nitrogen and oxygen atoms in total. The van der Waals surface area contributed by atoms with E-state index in [4.69, 9.17) is 0 Å². The highest BCUT2D eigenvalue weighted by Crippen LogP contribution is 2.26. The van der Waals surface area contributed by atoms with Gasteiger partial charge in [-0.1, -0.05) is 31.4 Å². The molecule has 1 aromatic heterocycles. The van der Waals surface area contributed by atoms with E-state index in [9.17, 15) is 14.0 Å². The summed E-state index contributed by atoms with van der Waals surface area (Å²) in [6.45, 7) is 0.559. The monoisotopic (exact) mass is 421 g/mol. The molecule has 1 aliphatic carbocycles. The molecule has 1 aliphatic rings. The molecule has 3 aromatic rings. The van der Waals surface area contributed by atoms with Gasteiger partial charge in [-0.15, -0.1) is 0 Å². The van der Waals surface area contributed by atoms with Crippen molar-refractivity contribution in [3.05, 3.63) is 72.1 Å². The maximum Gasteiger partial charge on any atom is 0.255 e. The summed E-state index contributed by atoms with van der Waals surface area (Å²) in [6.07, 6.45) is 7.94. The van der Waals surface area contributed by atoms with Crippen LogP contribution in [0.15, 0.2) is 55.1 Å². The van der Waals surface area contributed by atoms with Crippen molar-refractivity contribution in [2.75, 3.05) is 10.6 Å². The van der Waals surface area contributed by atoms with Crippen molar-refractivity contribution in [1.82, 2.24) is 14.8 Å². The Bertz CT molecular complexity index is 1040. The number of anilines is 2. The second-order valence-electron chi connectivity index (χ2n) is 7.76. The van der Waals surface area contributed by atoms with Crippen LogP contribution in [0.25, 0.3) is 0 Å². The lowest BCUT2D eigenvalue weighted by Crippen LogP contribution is -2.25. The molecule has 1 heterocycles. The van der Waals surface area contributed by atoms with Crippen molar-refractivity contribution in [2.24, 2.45) is 5.92 Å². The van der Waals surface area contributed by atoms with Gasteiger partial charge in [-0.3, -0.25) is 9.59 Å². The van der Waals surface area contributed by atoms with Crippen LogP contribution in [0.2, 0.25) is 0 Å². The van der Waals surface area contributed by atoms with Gasteiger partial charge in [0, 0.05) is 17.2 Å². The second-order valence-corrected chi connectivity index (χ2v) is 7.76. The average Bonchev–Trinajstić information content (AvgIpc) is 3.30. The number of carbonyl (C=O) groups is 2. The molecule has 2 amide bonds. The Hall–Kier alpha value is -3.55. The molecule has 1 saturated carbocycles. The summed E-state index contributed by atoms with van der Waals surface area (Å²) in [5, 5.41) is 9.50. The standard InChI is InChI=1S/C23H24FN5O2/c24-20-11-10-19(12-21(20)28-23(31)17-4-2-1-3-5-17)27-22(30)18-8-6-16(7-9-18)13-29-15-25-14-26-29/h6-12,14-15,17H,1-5,13H2,(H,27,30)(H,28,31). The highest BCUT2D eigenvalue weighted by molar-refractivity contribution is 6.04. The lowest BCUT2D eigenvalue weighted by Gasteiger charge is -2.21. The largest absolute Gasteiger partial charge is 0.323 e. The van der Waals surface area contributed by atoms with Crippen LogP contribution in [0.4, 0.5) is 15.8 Å². The molecule has 4 rings (SSSR count). The number of hydrogen-bond donors (Lipinski definition) is 2. The highest BCUT2D eigenvalue weighted by atomic mass is 19.1. The first kappa shape index (κ1) is 20.7. The van der Waals surface area contributed by atoms with E-state index >= 15 is 0 Å². The molecule has 2 aromatic carbocycles. The fourth-order valence-corrected chi connectivity index (χ4v) is 3.76. The Morgan fingerprint density at radius 2 is 1.81 bits per heavy atom. The summed E-state index contributed by atoms with van der Waals surface area (Å²) < 4.78 is 15.9. The SMILES string of the molecule is O=C(Nc1ccc(F)c(NC(=O)C2CCCCC2)c1)c1ccc(Cn2cncn2)cc1. The van der Waals surface area contributed by atoms with E-state index in [1.54, 1.807) is 23.1 Å². The molecule has 0 bridgehead atoms. The second kappa shape index (κ2) is 9.51. The summed E-state index contributed by atoms with van der Waals surface area (Å²) in [4.78, 5) is 28.9. The number of benzene rings is 2. The predicted molar refractivity (Wildman–Crippen MR) is 115 cm³/mol. The molecular weight excluding hydrogens is 397 g/mol. The Balaban J connectivity index is 1.39. The van der Waals surface area contributed by atoms with Crippen molar-refractivity contribution < 1.29 is 14.0 Å². The van der Waals surface area contributed by atoms with Gasteiger partial charge in [0.05, 0.1) is 12.2 Å². The molecule has 0 atom stereocenters. The van der Waals surface area contributed by atoms with Crippen molar-refractivity contribution in [2.45, 2.75) is 38.6 Å². The van der Waals surface area contributed by atoms with Crippen LogP contribution in [0.1, 0.15) is 48.0 Å². The maximum atomic E-state index is 14.2. The fourth-order valence-electron chi connectivity index (χ4n) is 3.76. The number of carbonyl (C=O) groups excluding carboxylic acids is 2. The van der Waals surface area contributed by atoms with E-state index in [1.165, 1.54) is 24.5 Å². The number of nitrogens with zero attached hydrogens (tertiary/aromatic N) is 3. The van der Waals surface area contributed by atoms with E-state index in [1.807, 2.05) is 12.1 Å². The zero-order valence-corrected chi connectivity index (χ0v) is 17.1. The lowest BCUT2D eigenvalue weighted by atomic mass is 9.88. The lowest BCUT2D eigenvalue weighted by molar-refractivity contribution is -0.120. The summed E-state index contributed by atoms with van der Waals surface area (Å²) in [6, 6.07) is 11.3. The van der Waals surface area contributed by atoms with Crippen LogP contribution in [0, 0.1) is 11.7 Å². The normalized spacial score (nSPS) is 14.2. The van der Waals surface area contributed by atoms with Crippen LogP contribution in [0.3, 0.4) is 0 Å². The molecule has 160 valence electrons. The summed E-state index contributed by atoms with van der Waals surface area (Å²) in [5.41, 5.74) is 1.95. The van der Waals surface area contributed by atoms with Gasteiger partial charge in [-0.2, -0.15) is 5.10 Å². The predicted octanol–water partition coefficient (Wildman–Crippen LogP) is 4.24. The number of nitrogens with one attached hydrogen (secondary N) is 2. The van der Waals surface area contributed by atoms with Gasteiger partial charge in [-0.25, -0.2) is 14.1 Å². The van der Waals surface area contributed by atoms with Crippen molar-refractivity contribution in [3.63, 3.8) is 0 Å². The third-order valence-corrected chi connectivity index (χ3v) is 5.49. The minimum Gasteiger partial charge on any atom is -0.323 e. The van der Waals surface area contributed by atoms with Gasteiger partial charge in [0.2, 0.25) is 5.91 Å². The number of halogens is 1. The molecule has 8 heteroatoms. The van der Waals surface area contributed by atoms with Crippen LogP contribution in [-0.2, 0) is 11.3 Å².